The van der Waals surface area contributed by atoms with E-state index in [0.29, 0.717) is 17.3 Å². The molecule has 0 saturated heterocycles. The molecule has 2 N–H and O–H groups in total. The predicted octanol–water partition coefficient (Wildman–Crippen LogP) is 1.67. The molecule has 0 radical (unpaired) electrons. The molecule has 0 aliphatic carbocycles. The number of hydrogen-bond donors (Lipinski definition) is 2. The van der Waals surface area contributed by atoms with Gasteiger partial charge in [-0.3, -0.25) is 4.79 Å². The second-order valence-corrected chi connectivity index (χ2v) is 5.49. The average Bonchev–Trinajstić information content (AvgIpc) is 2.85. The van der Waals surface area contributed by atoms with Gasteiger partial charge in [0.1, 0.15) is 0 Å². The Balaban J connectivity index is 2.06. The van der Waals surface area contributed by atoms with Crippen LogP contribution < -0.4 is 5.32 Å². The molecule has 0 fully saturated rings. The van der Waals surface area contributed by atoms with E-state index in [2.05, 4.69) is 15.5 Å². The molecule has 7 heteroatoms. The molecule has 0 aliphatic rings. The van der Waals surface area contributed by atoms with Gasteiger partial charge in [0.2, 0.25) is 11.8 Å². The van der Waals surface area contributed by atoms with E-state index in [4.69, 9.17) is 9.63 Å². The van der Waals surface area contributed by atoms with Gasteiger partial charge in [-0.1, -0.05) is 17.3 Å². The van der Waals surface area contributed by atoms with Gasteiger partial charge in [-0.25, -0.2) is 4.79 Å². The van der Waals surface area contributed by atoms with Crippen LogP contribution in [0.25, 0.3) is 0 Å². The Bertz CT molecular complexity index is 706. The molecule has 0 saturated carbocycles. The summed E-state index contributed by atoms with van der Waals surface area (Å²) in [5.74, 6) is -0.469. The van der Waals surface area contributed by atoms with E-state index in [9.17, 15) is 9.59 Å². The molecule has 7 nitrogen and oxygen atoms in total. The Labute approximate surface area is 127 Å². The van der Waals surface area contributed by atoms with E-state index in [1.54, 1.807) is 32.9 Å². The standard InChI is InChI=1S/C15H17N3O4/c1-9-16-14(18-22-9)15(2,3)17-12(19)8-10-5-4-6-11(7-10)13(20)21/h4-7H,8H2,1-3H3,(H,17,19)(H,20,21). The van der Waals surface area contributed by atoms with Crippen molar-refractivity contribution in [2.24, 2.45) is 0 Å². The number of benzene rings is 1. The molecule has 2 rings (SSSR count). The number of carbonyl (C=O) groups excluding carboxylic acids is 1. The lowest BCUT2D eigenvalue weighted by Gasteiger charge is -2.22. The van der Waals surface area contributed by atoms with Crippen molar-refractivity contribution >= 4 is 11.9 Å². The quantitative estimate of drug-likeness (QED) is 0.870. The molecule has 116 valence electrons. The summed E-state index contributed by atoms with van der Waals surface area (Å²) in [6, 6.07) is 6.28. The number of amides is 1. The van der Waals surface area contributed by atoms with Crippen molar-refractivity contribution in [1.29, 1.82) is 0 Å². The summed E-state index contributed by atoms with van der Waals surface area (Å²) in [7, 11) is 0. The summed E-state index contributed by atoms with van der Waals surface area (Å²) >= 11 is 0. The second-order valence-electron chi connectivity index (χ2n) is 5.49. The minimum Gasteiger partial charge on any atom is -0.478 e. The zero-order valence-corrected chi connectivity index (χ0v) is 12.6. The molecule has 1 aromatic carbocycles. The summed E-state index contributed by atoms with van der Waals surface area (Å²) in [5, 5.41) is 15.6. The Hall–Kier alpha value is -2.70. The van der Waals surface area contributed by atoms with Crippen LogP contribution in [0.5, 0.6) is 0 Å². The van der Waals surface area contributed by atoms with Crippen LogP contribution in [0, 0.1) is 6.92 Å². The molecule has 0 spiro atoms. The Morgan fingerprint density at radius 1 is 1.36 bits per heavy atom. The number of aromatic nitrogens is 2. The molecular formula is C15H17N3O4. The van der Waals surface area contributed by atoms with Crippen LogP contribution in [-0.4, -0.2) is 27.1 Å². The third-order valence-corrected chi connectivity index (χ3v) is 3.08. The van der Waals surface area contributed by atoms with Gasteiger partial charge in [0.15, 0.2) is 5.82 Å². The topological polar surface area (TPSA) is 105 Å². The number of carboxylic acid groups (broad SMARTS) is 1. The molecule has 1 aromatic heterocycles. The highest BCUT2D eigenvalue weighted by Crippen LogP contribution is 2.17. The minimum absolute atomic E-state index is 0.0708. The Morgan fingerprint density at radius 3 is 2.68 bits per heavy atom. The average molecular weight is 303 g/mol. The highest BCUT2D eigenvalue weighted by molar-refractivity contribution is 5.88. The van der Waals surface area contributed by atoms with Crippen molar-refractivity contribution < 1.29 is 19.2 Å². The highest BCUT2D eigenvalue weighted by Gasteiger charge is 2.28. The highest BCUT2D eigenvalue weighted by atomic mass is 16.5. The number of nitrogens with one attached hydrogen (secondary N) is 1. The summed E-state index contributed by atoms with van der Waals surface area (Å²) in [4.78, 5) is 27.2. The number of nitrogens with zero attached hydrogens (tertiary/aromatic N) is 2. The Kier molecular flexibility index (Phi) is 4.25. The van der Waals surface area contributed by atoms with Gasteiger partial charge in [0.25, 0.3) is 0 Å². The molecule has 2 aromatic rings. The maximum absolute atomic E-state index is 12.1. The summed E-state index contributed by atoms with van der Waals surface area (Å²) in [6.07, 6.45) is 0.0708. The van der Waals surface area contributed by atoms with E-state index < -0.39 is 11.5 Å². The fourth-order valence-electron chi connectivity index (χ4n) is 2.00. The lowest BCUT2D eigenvalue weighted by atomic mass is 10.0. The van der Waals surface area contributed by atoms with E-state index in [-0.39, 0.29) is 17.9 Å². The van der Waals surface area contributed by atoms with Crippen molar-refractivity contribution in [2.45, 2.75) is 32.7 Å². The first-order valence-corrected chi connectivity index (χ1v) is 6.72. The van der Waals surface area contributed by atoms with Crippen LogP contribution in [0.3, 0.4) is 0 Å². The van der Waals surface area contributed by atoms with Crippen LogP contribution in [-0.2, 0) is 16.8 Å². The first-order chi connectivity index (χ1) is 10.3. The fourth-order valence-corrected chi connectivity index (χ4v) is 2.00. The van der Waals surface area contributed by atoms with Crippen molar-refractivity contribution in [3.8, 4) is 0 Å². The number of carbonyl (C=O) groups is 2. The monoisotopic (exact) mass is 303 g/mol. The third-order valence-electron chi connectivity index (χ3n) is 3.08. The van der Waals surface area contributed by atoms with Gasteiger partial charge >= 0.3 is 5.97 Å². The van der Waals surface area contributed by atoms with Gasteiger partial charge in [-0.2, -0.15) is 4.98 Å². The number of hydrogen-bond acceptors (Lipinski definition) is 5. The fraction of sp³-hybridized carbons (Fsp3) is 0.333. The van der Waals surface area contributed by atoms with E-state index in [1.165, 1.54) is 12.1 Å². The smallest absolute Gasteiger partial charge is 0.335 e. The van der Waals surface area contributed by atoms with Gasteiger partial charge in [0.05, 0.1) is 17.5 Å². The molecule has 0 bridgehead atoms. The second kappa shape index (κ2) is 5.97. The number of aryl methyl sites for hydroxylation is 1. The summed E-state index contributed by atoms with van der Waals surface area (Å²) < 4.78 is 4.92. The van der Waals surface area contributed by atoms with Crippen LogP contribution in [0.1, 0.15) is 41.5 Å². The SMILES string of the molecule is Cc1nc(C(C)(C)NC(=O)Cc2cccc(C(=O)O)c2)no1. The largest absolute Gasteiger partial charge is 0.478 e. The van der Waals surface area contributed by atoms with Gasteiger partial charge < -0.3 is 14.9 Å². The van der Waals surface area contributed by atoms with Crippen LogP contribution in [0.15, 0.2) is 28.8 Å². The molecule has 0 unspecified atom stereocenters. The molecule has 22 heavy (non-hydrogen) atoms. The zero-order valence-electron chi connectivity index (χ0n) is 12.6. The van der Waals surface area contributed by atoms with Crippen LogP contribution in [0.4, 0.5) is 0 Å². The van der Waals surface area contributed by atoms with Crippen molar-refractivity contribution in [3.63, 3.8) is 0 Å². The first-order valence-electron chi connectivity index (χ1n) is 6.72. The molecular weight excluding hydrogens is 286 g/mol. The first kappa shape index (κ1) is 15.7. The lowest BCUT2D eigenvalue weighted by molar-refractivity contribution is -0.122. The number of carboxylic acids is 1. The minimum atomic E-state index is -1.02. The van der Waals surface area contributed by atoms with Crippen LogP contribution in [0.2, 0.25) is 0 Å². The van der Waals surface area contributed by atoms with Crippen molar-refractivity contribution in [3.05, 3.63) is 47.1 Å². The molecule has 0 aliphatic heterocycles. The van der Waals surface area contributed by atoms with Crippen molar-refractivity contribution in [1.82, 2.24) is 15.5 Å². The number of rotatable bonds is 5. The summed E-state index contributed by atoms with van der Waals surface area (Å²) in [5.41, 5.74) is -0.00459. The van der Waals surface area contributed by atoms with E-state index in [0.717, 1.165) is 0 Å². The summed E-state index contributed by atoms with van der Waals surface area (Å²) in [6.45, 7) is 5.21. The predicted molar refractivity (Wildman–Crippen MR) is 77.3 cm³/mol. The van der Waals surface area contributed by atoms with Gasteiger partial charge in [-0.05, 0) is 31.5 Å². The van der Waals surface area contributed by atoms with Gasteiger partial charge in [-0.15, -0.1) is 0 Å². The lowest BCUT2D eigenvalue weighted by Crippen LogP contribution is -2.42. The maximum Gasteiger partial charge on any atom is 0.335 e. The Morgan fingerprint density at radius 2 is 2.09 bits per heavy atom. The number of aromatic carboxylic acids is 1. The molecule has 1 amide bonds. The zero-order chi connectivity index (χ0) is 16.3. The van der Waals surface area contributed by atoms with Crippen LogP contribution >= 0.6 is 0 Å². The van der Waals surface area contributed by atoms with E-state index in [1.807, 2.05) is 0 Å². The third kappa shape index (κ3) is 3.69. The maximum atomic E-state index is 12.1. The molecule has 0 atom stereocenters. The van der Waals surface area contributed by atoms with E-state index >= 15 is 0 Å². The molecule has 1 heterocycles. The van der Waals surface area contributed by atoms with Gasteiger partial charge in [0, 0.05) is 6.92 Å². The van der Waals surface area contributed by atoms with Crippen molar-refractivity contribution in [2.75, 3.05) is 0 Å². The normalized spacial score (nSPS) is 11.2.